The molecule has 2 aliphatic rings. The molecule has 2 unspecified atom stereocenters. The van der Waals surface area contributed by atoms with E-state index >= 15 is 0 Å². The second-order valence-electron chi connectivity index (χ2n) is 4.34. The summed E-state index contributed by atoms with van der Waals surface area (Å²) in [4.78, 5) is 4.82. The molecule has 2 aliphatic heterocycles. The third-order valence-electron chi connectivity index (χ3n) is 3.34. The number of hydrogen-bond donors (Lipinski definition) is 1. The van der Waals surface area contributed by atoms with E-state index in [-0.39, 0.29) is 0 Å². The van der Waals surface area contributed by atoms with E-state index in [0.717, 1.165) is 17.7 Å². The first kappa shape index (κ1) is 8.88. The van der Waals surface area contributed by atoms with Crippen LogP contribution >= 0.6 is 0 Å². The highest BCUT2D eigenvalue weighted by molar-refractivity contribution is 5.00. The van der Waals surface area contributed by atoms with Gasteiger partial charge in [0, 0.05) is 33.2 Å². The molecule has 74 valence electrons. The molecule has 0 aromatic heterocycles. The van der Waals surface area contributed by atoms with Gasteiger partial charge in [0.15, 0.2) is 0 Å². The number of likely N-dealkylation sites (tertiary alicyclic amines) is 2. The van der Waals surface area contributed by atoms with Crippen molar-refractivity contribution in [1.82, 2.24) is 15.1 Å². The van der Waals surface area contributed by atoms with Gasteiger partial charge >= 0.3 is 0 Å². The fourth-order valence-corrected chi connectivity index (χ4v) is 2.61. The van der Waals surface area contributed by atoms with E-state index in [0.29, 0.717) is 0 Å². The Morgan fingerprint density at radius 2 is 1.77 bits per heavy atom. The van der Waals surface area contributed by atoms with E-state index < -0.39 is 0 Å². The minimum absolute atomic E-state index is 0.870. The lowest BCUT2D eigenvalue weighted by Crippen LogP contribution is -2.30. The molecule has 0 saturated carbocycles. The van der Waals surface area contributed by atoms with Crippen LogP contribution in [0.15, 0.2) is 12.4 Å². The Morgan fingerprint density at radius 3 is 2.23 bits per heavy atom. The van der Waals surface area contributed by atoms with E-state index in [9.17, 15) is 0 Å². The van der Waals surface area contributed by atoms with Crippen molar-refractivity contribution in [2.75, 3.05) is 40.3 Å². The zero-order chi connectivity index (χ0) is 9.42. The van der Waals surface area contributed by atoms with Crippen molar-refractivity contribution in [3.63, 3.8) is 0 Å². The quantitative estimate of drug-likeness (QED) is 0.655. The summed E-state index contributed by atoms with van der Waals surface area (Å²) in [6.07, 6.45) is 0. The molecule has 2 atom stereocenters. The van der Waals surface area contributed by atoms with E-state index in [1.165, 1.54) is 26.2 Å². The predicted molar refractivity (Wildman–Crippen MR) is 54.2 cm³/mol. The van der Waals surface area contributed by atoms with Crippen molar-refractivity contribution in [1.29, 1.82) is 0 Å². The Kier molecular flexibility index (Phi) is 2.20. The van der Waals surface area contributed by atoms with Crippen LogP contribution in [0, 0.1) is 11.8 Å². The van der Waals surface area contributed by atoms with Gasteiger partial charge < -0.3 is 15.1 Å². The second-order valence-corrected chi connectivity index (χ2v) is 4.34. The maximum atomic E-state index is 4.00. The van der Waals surface area contributed by atoms with E-state index in [1.54, 1.807) is 0 Å². The maximum Gasteiger partial charge on any atom is 0.0936 e. The van der Waals surface area contributed by atoms with Gasteiger partial charge in [-0.05, 0) is 18.9 Å². The lowest BCUT2D eigenvalue weighted by Gasteiger charge is -2.22. The number of nitrogens with zero attached hydrogens (tertiary/aromatic N) is 2. The van der Waals surface area contributed by atoms with E-state index in [4.69, 9.17) is 0 Å². The third-order valence-corrected chi connectivity index (χ3v) is 3.34. The van der Waals surface area contributed by atoms with Gasteiger partial charge in [0.25, 0.3) is 0 Å². The molecule has 0 radical (unpaired) electrons. The molecule has 13 heavy (non-hydrogen) atoms. The lowest BCUT2D eigenvalue weighted by atomic mass is 10.0. The maximum absolute atomic E-state index is 4.00. The molecule has 0 aromatic rings. The van der Waals surface area contributed by atoms with Gasteiger partial charge in [-0.2, -0.15) is 0 Å². The van der Waals surface area contributed by atoms with Crippen LogP contribution < -0.4 is 5.32 Å². The zero-order valence-electron chi connectivity index (χ0n) is 8.58. The summed E-state index contributed by atoms with van der Waals surface area (Å²) in [6, 6.07) is 0. The van der Waals surface area contributed by atoms with Crippen molar-refractivity contribution in [3.05, 3.63) is 12.4 Å². The molecule has 0 aliphatic carbocycles. The Bertz CT molecular complexity index is 200. The standard InChI is InChI=1S/C10H19N3/c1-8(11-2)13-6-9-4-12(3)5-10(9)7-13/h9-11H,1,4-7H2,2-3H3. The van der Waals surface area contributed by atoms with Crippen LogP contribution in [0.3, 0.4) is 0 Å². The number of nitrogens with one attached hydrogen (secondary N) is 1. The first-order valence-corrected chi connectivity index (χ1v) is 5.01. The monoisotopic (exact) mass is 181 g/mol. The summed E-state index contributed by atoms with van der Waals surface area (Å²) in [5.41, 5.74) is 0. The highest BCUT2D eigenvalue weighted by Crippen LogP contribution is 2.31. The molecule has 2 fully saturated rings. The summed E-state index contributed by atoms with van der Waals surface area (Å²) in [6.45, 7) is 8.91. The Labute approximate surface area is 80.4 Å². The normalized spacial score (nSPS) is 33.5. The van der Waals surface area contributed by atoms with Gasteiger partial charge in [0.1, 0.15) is 0 Å². The third kappa shape index (κ3) is 1.53. The number of hydrogen-bond acceptors (Lipinski definition) is 3. The minimum Gasteiger partial charge on any atom is -0.375 e. The average Bonchev–Trinajstić information content (AvgIpc) is 2.59. The topological polar surface area (TPSA) is 18.5 Å². The fourth-order valence-electron chi connectivity index (χ4n) is 2.61. The van der Waals surface area contributed by atoms with Crippen LogP contribution in [0.2, 0.25) is 0 Å². The molecule has 0 aromatic carbocycles. The van der Waals surface area contributed by atoms with Gasteiger partial charge in [0.05, 0.1) is 5.82 Å². The van der Waals surface area contributed by atoms with Crippen molar-refractivity contribution in [2.45, 2.75) is 0 Å². The predicted octanol–water partition coefficient (Wildman–Crippen LogP) is 0.170. The SMILES string of the molecule is C=C(NC)N1CC2CN(C)CC2C1. The van der Waals surface area contributed by atoms with Crippen LogP contribution in [0.5, 0.6) is 0 Å². The molecule has 3 nitrogen and oxygen atoms in total. The van der Waals surface area contributed by atoms with Gasteiger partial charge in [0.2, 0.25) is 0 Å². The van der Waals surface area contributed by atoms with Gasteiger partial charge in [-0.1, -0.05) is 6.58 Å². The minimum atomic E-state index is 0.870. The van der Waals surface area contributed by atoms with Gasteiger partial charge in [-0.3, -0.25) is 0 Å². The molecule has 2 saturated heterocycles. The highest BCUT2D eigenvalue weighted by atomic mass is 15.3. The molecule has 3 heteroatoms. The molecular formula is C10H19N3. The number of rotatable bonds is 2. The van der Waals surface area contributed by atoms with Crippen LogP contribution in [-0.4, -0.2) is 50.1 Å². The summed E-state index contributed by atoms with van der Waals surface area (Å²) in [5, 5.41) is 3.13. The van der Waals surface area contributed by atoms with Crippen molar-refractivity contribution < 1.29 is 0 Å². The molecule has 2 heterocycles. The van der Waals surface area contributed by atoms with Crippen LogP contribution in [-0.2, 0) is 0 Å². The highest BCUT2D eigenvalue weighted by Gasteiger charge is 2.38. The van der Waals surface area contributed by atoms with Crippen molar-refractivity contribution in [2.24, 2.45) is 11.8 Å². The first-order valence-electron chi connectivity index (χ1n) is 5.01. The smallest absolute Gasteiger partial charge is 0.0936 e. The molecular weight excluding hydrogens is 162 g/mol. The van der Waals surface area contributed by atoms with Crippen LogP contribution in [0.4, 0.5) is 0 Å². The van der Waals surface area contributed by atoms with E-state index in [2.05, 4.69) is 28.7 Å². The Hall–Kier alpha value is -0.700. The summed E-state index contributed by atoms with van der Waals surface area (Å²) >= 11 is 0. The van der Waals surface area contributed by atoms with Crippen LogP contribution in [0.25, 0.3) is 0 Å². The molecule has 0 amide bonds. The summed E-state index contributed by atoms with van der Waals surface area (Å²) in [7, 11) is 4.16. The van der Waals surface area contributed by atoms with E-state index in [1.807, 2.05) is 7.05 Å². The lowest BCUT2D eigenvalue weighted by molar-refractivity contribution is 0.312. The zero-order valence-corrected chi connectivity index (χ0v) is 8.58. The largest absolute Gasteiger partial charge is 0.375 e. The van der Waals surface area contributed by atoms with Crippen molar-refractivity contribution >= 4 is 0 Å². The Morgan fingerprint density at radius 1 is 1.23 bits per heavy atom. The summed E-state index contributed by atoms with van der Waals surface area (Å²) < 4.78 is 0. The molecule has 0 bridgehead atoms. The first-order chi connectivity index (χ1) is 6.20. The fraction of sp³-hybridized carbons (Fsp3) is 0.800. The molecule has 2 rings (SSSR count). The Balaban J connectivity index is 1.93. The van der Waals surface area contributed by atoms with Crippen molar-refractivity contribution in [3.8, 4) is 0 Å². The summed E-state index contributed by atoms with van der Waals surface area (Å²) in [5.74, 6) is 2.82. The number of fused-ring (bicyclic) bond motifs is 1. The van der Waals surface area contributed by atoms with Crippen LogP contribution in [0.1, 0.15) is 0 Å². The average molecular weight is 181 g/mol. The molecule has 1 N–H and O–H groups in total. The molecule has 0 spiro atoms. The second kappa shape index (κ2) is 3.22. The van der Waals surface area contributed by atoms with Gasteiger partial charge in [-0.15, -0.1) is 0 Å². The van der Waals surface area contributed by atoms with Gasteiger partial charge in [-0.25, -0.2) is 0 Å².